The van der Waals surface area contributed by atoms with Crippen LogP contribution in [0.2, 0.25) is 0 Å². The maximum Gasteiger partial charge on any atom is 0.237 e. The molecule has 0 bridgehead atoms. The number of rotatable bonds is 5. The summed E-state index contributed by atoms with van der Waals surface area (Å²) in [5, 5.41) is 12.0. The summed E-state index contributed by atoms with van der Waals surface area (Å²) in [6.45, 7) is 1.94. The Morgan fingerprint density at radius 3 is 2.67 bits per heavy atom. The molecule has 0 aromatic heterocycles. The van der Waals surface area contributed by atoms with Crippen LogP contribution in [0.1, 0.15) is 37.8 Å². The highest BCUT2D eigenvalue weighted by Crippen LogP contribution is 2.35. The Labute approximate surface area is 108 Å². The molecule has 1 aromatic carbocycles. The monoisotopic (exact) mass is 242 g/mol. The second-order valence-electron chi connectivity index (χ2n) is 5.00. The predicted molar refractivity (Wildman–Crippen MR) is 69.4 cm³/mol. The summed E-state index contributed by atoms with van der Waals surface area (Å²) in [7, 11) is 0. The van der Waals surface area contributed by atoms with Crippen LogP contribution in [0.5, 0.6) is 0 Å². The summed E-state index contributed by atoms with van der Waals surface area (Å²) in [6, 6.07) is 11.9. The molecule has 1 saturated carbocycles. The first-order valence-corrected chi connectivity index (χ1v) is 6.45. The fourth-order valence-electron chi connectivity index (χ4n) is 2.04. The molecule has 0 heterocycles. The molecule has 94 valence electrons. The summed E-state index contributed by atoms with van der Waals surface area (Å²) in [5.74, 6) is -0.0446. The van der Waals surface area contributed by atoms with Crippen LogP contribution in [0.3, 0.4) is 0 Å². The van der Waals surface area contributed by atoms with Crippen LogP contribution in [-0.4, -0.2) is 5.91 Å². The number of nitriles is 1. The van der Waals surface area contributed by atoms with Crippen LogP contribution in [0.4, 0.5) is 0 Å². The lowest BCUT2D eigenvalue weighted by atomic mass is 10.0. The van der Waals surface area contributed by atoms with Crippen LogP contribution >= 0.6 is 0 Å². The Hall–Kier alpha value is -1.82. The number of nitrogens with one attached hydrogen (secondary N) is 1. The van der Waals surface area contributed by atoms with E-state index in [1.165, 1.54) is 12.8 Å². The smallest absolute Gasteiger partial charge is 0.237 e. The van der Waals surface area contributed by atoms with Crippen LogP contribution in [0.25, 0.3) is 0 Å². The Kier molecular flexibility index (Phi) is 3.99. The van der Waals surface area contributed by atoms with E-state index in [0.29, 0.717) is 12.3 Å². The first-order valence-electron chi connectivity index (χ1n) is 6.45. The fraction of sp³-hybridized carbons (Fsp3) is 0.467. The molecule has 0 aliphatic heterocycles. The molecular formula is C15H18N2O. The van der Waals surface area contributed by atoms with E-state index in [9.17, 15) is 4.79 Å². The van der Waals surface area contributed by atoms with Gasteiger partial charge >= 0.3 is 0 Å². The average Bonchev–Trinajstić information content (AvgIpc) is 3.20. The van der Waals surface area contributed by atoms with E-state index >= 15 is 0 Å². The molecule has 1 aliphatic rings. The van der Waals surface area contributed by atoms with Gasteiger partial charge in [0.2, 0.25) is 5.91 Å². The van der Waals surface area contributed by atoms with E-state index in [0.717, 1.165) is 5.56 Å². The van der Waals surface area contributed by atoms with Gasteiger partial charge in [-0.05, 0) is 24.8 Å². The molecule has 1 aromatic rings. The van der Waals surface area contributed by atoms with Gasteiger partial charge in [0.25, 0.3) is 0 Å². The van der Waals surface area contributed by atoms with Crippen molar-refractivity contribution in [1.29, 1.82) is 5.26 Å². The van der Waals surface area contributed by atoms with E-state index in [1.54, 1.807) is 0 Å². The first kappa shape index (κ1) is 12.6. The number of hydrogen-bond acceptors (Lipinski definition) is 2. The van der Waals surface area contributed by atoms with E-state index in [1.807, 2.05) is 37.3 Å². The van der Waals surface area contributed by atoms with Gasteiger partial charge in [0.05, 0.1) is 12.1 Å². The van der Waals surface area contributed by atoms with Gasteiger partial charge in [0.1, 0.15) is 5.92 Å². The van der Waals surface area contributed by atoms with Crippen molar-refractivity contribution in [3.8, 4) is 6.07 Å². The first-order chi connectivity index (χ1) is 8.70. The Balaban J connectivity index is 1.91. The molecule has 2 rings (SSSR count). The van der Waals surface area contributed by atoms with Gasteiger partial charge in [-0.3, -0.25) is 4.79 Å². The van der Waals surface area contributed by atoms with Gasteiger partial charge in [-0.1, -0.05) is 43.2 Å². The topological polar surface area (TPSA) is 52.9 Å². The molecule has 1 aliphatic carbocycles. The molecule has 1 N–H and O–H groups in total. The molecule has 18 heavy (non-hydrogen) atoms. The van der Waals surface area contributed by atoms with Crippen molar-refractivity contribution in [2.45, 2.75) is 32.2 Å². The maximum atomic E-state index is 12.0. The molecule has 0 saturated heterocycles. The lowest BCUT2D eigenvalue weighted by molar-refractivity contribution is -0.124. The molecule has 0 radical (unpaired) electrons. The van der Waals surface area contributed by atoms with Crippen molar-refractivity contribution < 1.29 is 4.79 Å². The second-order valence-corrected chi connectivity index (χ2v) is 5.00. The Morgan fingerprint density at radius 2 is 2.11 bits per heavy atom. The van der Waals surface area contributed by atoms with Gasteiger partial charge < -0.3 is 5.32 Å². The second kappa shape index (κ2) is 5.68. The molecule has 1 fully saturated rings. The van der Waals surface area contributed by atoms with Gasteiger partial charge in [-0.2, -0.15) is 5.26 Å². The number of carbonyl (C=O) groups excluding carboxylic acids is 1. The summed E-state index contributed by atoms with van der Waals surface area (Å²) in [5.41, 5.74) is 1.06. The Bertz CT molecular complexity index is 445. The van der Waals surface area contributed by atoms with E-state index in [-0.39, 0.29) is 11.9 Å². The zero-order chi connectivity index (χ0) is 13.0. The summed E-state index contributed by atoms with van der Waals surface area (Å²) in [4.78, 5) is 12.0. The fourth-order valence-corrected chi connectivity index (χ4v) is 2.04. The van der Waals surface area contributed by atoms with Gasteiger partial charge in [-0.25, -0.2) is 0 Å². The van der Waals surface area contributed by atoms with Gasteiger partial charge in [-0.15, -0.1) is 0 Å². The molecule has 2 atom stereocenters. The summed E-state index contributed by atoms with van der Waals surface area (Å²) in [6.07, 6.45) is 3.04. The molecule has 0 spiro atoms. The largest absolute Gasteiger partial charge is 0.348 e. The third-order valence-corrected chi connectivity index (χ3v) is 3.40. The lowest BCUT2D eigenvalue weighted by Gasteiger charge is -2.16. The summed E-state index contributed by atoms with van der Waals surface area (Å²) < 4.78 is 0. The van der Waals surface area contributed by atoms with Crippen LogP contribution in [-0.2, 0) is 4.79 Å². The third-order valence-electron chi connectivity index (χ3n) is 3.40. The van der Waals surface area contributed by atoms with Gasteiger partial charge in [0.15, 0.2) is 0 Å². The number of hydrogen-bond donors (Lipinski definition) is 1. The molecule has 1 amide bonds. The van der Waals surface area contributed by atoms with Crippen molar-refractivity contribution in [2.24, 2.45) is 11.8 Å². The highest BCUT2D eigenvalue weighted by Gasteiger charge is 2.29. The highest BCUT2D eigenvalue weighted by molar-refractivity contribution is 5.81. The SMILES string of the molecule is CC(NC(=O)C(C#N)CC1CC1)c1ccccc1. The molecule has 2 unspecified atom stereocenters. The van der Waals surface area contributed by atoms with Crippen LogP contribution in [0, 0.1) is 23.2 Å². The zero-order valence-electron chi connectivity index (χ0n) is 10.6. The standard InChI is InChI=1S/C15H18N2O/c1-11(13-5-3-2-4-6-13)17-15(18)14(10-16)9-12-7-8-12/h2-6,11-12,14H,7-9H2,1H3,(H,17,18). The minimum Gasteiger partial charge on any atom is -0.348 e. The van der Waals surface area contributed by atoms with Gasteiger partial charge in [0, 0.05) is 0 Å². The minimum absolute atomic E-state index is 0.0475. The third kappa shape index (κ3) is 3.33. The van der Waals surface area contributed by atoms with Crippen molar-refractivity contribution in [2.75, 3.05) is 0 Å². The van der Waals surface area contributed by atoms with Crippen LogP contribution < -0.4 is 5.32 Å². The van der Waals surface area contributed by atoms with Crippen molar-refractivity contribution in [1.82, 2.24) is 5.32 Å². The van der Waals surface area contributed by atoms with Crippen molar-refractivity contribution in [3.05, 3.63) is 35.9 Å². The maximum absolute atomic E-state index is 12.0. The number of carbonyl (C=O) groups is 1. The molecule has 3 nitrogen and oxygen atoms in total. The highest BCUT2D eigenvalue weighted by atomic mass is 16.1. The normalized spacial score (nSPS) is 17.6. The minimum atomic E-state index is -0.497. The Morgan fingerprint density at radius 1 is 1.44 bits per heavy atom. The number of nitrogens with zero attached hydrogens (tertiary/aromatic N) is 1. The van der Waals surface area contributed by atoms with E-state index in [4.69, 9.17) is 5.26 Å². The quantitative estimate of drug-likeness (QED) is 0.863. The van der Waals surface area contributed by atoms with E-state index < -0.39 is 5.92 Å². The predicted octanol–water partition coefficient (Wildman–Crippen LogP) is 2.80. The lowest BCUT2D eigenvalue weighted by Crippen LogP contribution is -2.32. The van der Waals surface area contributed by atoms with E-state index in [2.05, 4.69) is 11.4 Å². The van der Waals surface area contributed by atoms with Crippen molar-refractivity contribution in [3.63, 3.8) is 0 Å². The van der Waals surface area contributed by atoms with Crippen LogP contribution in [0.15, 0.2) is 30.3 Å². The zero-order valence-corrected chi connectivity index (χ0v) is 10.6. The summed E-state index contributed by atoms with van der Waals surface area (Å²) >= 11 is 0. The number of amides is 1. The average molecular weight is 242 g/mol. The molecule has 3 heteroatoms. The number of benzene rings is 1. The van der Waals surface area contributed by atoms with Crippen molar-refractivity contribution >= 4 is 5.91 Å². The molecular weight excluding hydrogens is 224 g/mol.